The van der Waals surface area contributed by atoms with Gasteiger partial charge in [-0.3, -0.25) is 4.79 Å². The molecule has 0 spiro atoms. The quantitative estimate of drug-likeness (QED) is 0.663. The van der Waals surface area contributed by atoms with E-state index in [1.807, 2.05) is 17.8 Å². The summed E-state index contributed by atoms with van der Waals surface area (Å²) >= 11 is 1.99. The van der Waals surface area contributed by atoms with Crippen molar-refractivity contribution in [2.24, 2.45) is 5.41 Å². The van der Waals surface area contributed by atoms with E-state index in [1.165, 1.54) is 23.5 Å². The van der Waals surface area contributed by atoms with Gasteiger partial charge in [0.05, 0.1) is 0 Å². The SMILES string of the molecule is CCSCCCC1=CC(=O)CC(C)(C)C1. The Morgan fingerprint density at radius 2 is 2.13 bits per heavy atom. The molecule has 0 aliphatic heterocycles. The normalized spacial score (nSPS) is 20.2. The van der Waals surface area contributed by atoms with E-state index in [0.717, 1.165) is 19.3 Å². The molecule has 1 aliphatic rings. The Balaban J connectivity index is 2.37. The Morgan fingerprint density at radius 1 is 1.40 bits per heavy atom. The first-order valence-corrected chi connectivity index (χ1v) is 6.99. The van der Waals surface area contributed by atoms with Gasteiger partial charge < -0.3 is 0 Å². The van der Waals surface area contributed by atoms with Crippen LogP contribution >= 0.6 is 11.8 Å². The second kappa shape index (κ2) is 5.74. The smallest absolute Gasteiger partial charge is 0.156 e. The molecule has 1 rings (SSSR count). The summed E-state index contributed by atoms with van der Waals surface area (Å²) in [6.07, 6.45) is 6.05. The summed E-state index contributed by atoms with van der Waals surface area (Å²) in [7, 11) is 0. The summed E-state index contributed by atoms with van der Waals surface area (Å²) in [6.45, 7) is 6.58. The highest BCUT2D eigenvalue weighted by molar-refractivity contribution is 7.99. The minimum Gasteiger partial charge on any atom is -0.295 e. The fraction of sp³-hybridized carbons (Fsp3) is 0.769. The lowest BCUT2D eigenvalue weighted by molar-refractivity contribution is -0.117. The molecule has 0 bridgehead atoms. The molecule has 0 radical (unpaired) electrons. The zero-order valence-electron chi connectivity index (χ0n) is 10.1. The van der Waals surface area contributed by atoms with Crippen molar-refractivity contribution in [3.05, 3.63) is 11.6 Å². The van der Waals surface area contributed by atoms with E-state index in [-0.39, 0.29) is 5.41 Å². The van der Waals surface area contributed by atoms with Gasteiger partial charge in [-0.1, -0.05) is 26.3 Å². The minimum atomic E-state index is 0.194. The predicted molar refractivity (Wildman–Crippen MR) is 68.3 cm³/mol. The van der Waals surface area contributed by atoms with Gasteiger partial charge in [-0.2, -0.15) is 11.8 Å². The molecule has 0 N–H and O–H groups in total. The van der Waals surface area contributed by atoms with Crippen LogP contribution in [-0.2, 0) is 4.79 Å². The summed E-state index contributed by atoms with van der Waals surface area (Å²) in [5.74, 6) is 2.75. The molecule has 1 nitrogen and oxygen atoms in total. The van der Waals surface area contributed by atoms with Crippen molar-refractivity contribution in [1.82, 2.24) is 0 Å². The zero-order chi connectivity index (χ0) is 11.3. The molecule has 15 heavy (non-hydrogen) atoms. The van der Waals surface area contributed by atoms with Gasteiger partial charge in [0.25, 0.3) is 0 Å². The van der Waals surface area contributed by atoms with E-state index in [2.05, 4.69) is 20.8 Å². The van der Waals surface area contributed by atoms with E-state index in [0.29, 0.717) is 5.78 Å². The lowest BCUT2D eigenvalue weighted by atomic mass is 9.76. The van der Waals surface area contributed by atoms with Crippen molar-refractivity contribution in [2.75, 3.05) is 11.5 Å². The molecule has 0 amide bonds. The van der Waals surface area contributed by atoms with Crippen molar-refractivity contribution in [2.45, 2.75) is 46.5 Å². The average molecular weight is 226 g/mol. The Hall–Kier alpha value is -0.240. The molecule has 0 aromatic heterocycles. The van der Waals surface area contributed by atoms with Crippen molar-refractivity contribution in [3.63, 3.8) is 0 Å². The number of rotatable bonds is 5. The van der Waals surface area contributed by atoms with Gasteiger partial charge in [0.1, 0.15) is 0 Å². The molecule has 0 aromatic rings. The Labute approximate surface area is 97.7 Å². The molecular weight excluding hydrogens is 204 g/mol. The Kier molecular flexibility index (Phi) is 4.91. The molecule has 1 aliphatic carbocycles. The largest absolute Gasteiger partial charge is 0.295 e. The van der Waals surface area contributed by atoms with Crippen LogP contribution in [0.4, 0.5) is 0 Å². The molecule has 0 saturated heterocycles. The average Bonchev–Trinajstić information content (AvgIpc) is 2.09. The molecule has 0 unspecified atom stereocenters. The second-order valence-electron chi connectivity index (χ2n) is 5.09. The first kappa shape index (κ1) is 12.8. The van der Waals surface area contributed by atoms with Crippen molar-refractivity contribution in [1.29, 1.82) is 0 Å². The zero-order valence-corrected chi connectivity index (χ0v) is 11.0. The maximum Gasteiger partial charge on any atom is 0.156 e. The molecular formula is C13H22OS. The van der Waals surface area contributed by atoms with Crippen LogP contribution in [0.3, 0.4) is 0 Å². The topological polar surface area (TPSA) is 17.1 Å². The lowest BCUT2D eigenvalue weighted by Gasteiger charge is -2.28. The summed E-state index contributed by atoms with van der Waals surface area (Å²) in [5.41, 5.74) is 1.56. The highest BCUT2D eigenvalue weighted by atomic mass is 32.2. The summed E-state index contributed by atoms with van der Waals surface area (Å²) in [4.78, 5) is 11.5. The fourth-order valence-corrected chi connectivity index (χ4v) is 2.82. The Bertz CT molecular complexity index is 253. The molecule has 0 saturated carbocycles. The number of thioether (sulfide) groups is 1. The maximum atomic E-state index is 11.5. The molecule has 0 heterocycles. The third-order valence-electron chi connectivity index (χ3n) is 2.71. The van der Waals surface area contributed by atoms with Gasteiger partial charge in [0, 0.05) is 6.42 Å². The number of hydrogen-bond donors (Lipinski definition) is 0. The van der Waals surface area contributed by atoms with E-state index in [1.54, 1.807) is 0 Å². The van der Waals surface area contributed by atoms with Crippen LogP contribution in [0.5, 0.6) is 0 Å². The lowest BCUT2D eigenvalue weighted by Crippen LogP contribution is -2.21. The second-order valence-corrected chi connectivity index (χ2v) is 6.48. The highest BCUT2D eigenvalue weighted by Crippen LogP contribution is 2.35. The maximum absolute atomic E-state index is 11.5. The van der Waals surface area contributed by atoms with Crippen molar-refractivity contribution >= 4 is 17.5 Å². The number of hydrogen-bond acceptors (Lipinski definition) is 2. The molecule has 0 atom stereocenters. The predicted octanol–water partition coefficient (Wildman–Crippen LogP) is 3.84. The Morgan fingerprint density at radius 3 is 2.73 bits per heavy atom. The van der Waals surface area contributed by atoms with Gasteiger partial charge in [-0.05, 0) is 42.3 Å². The standard InChI is InChI=1S/C13H22OS/c1-4-15-7-5-6-11-8-12(14)10-13(2,3)9-11/h8H,4-7,9-10H2,1-3H3. The van der Waals surface area contributed by atoms with Crippen molar-refractivity contribution in [3.8, 4) is 0 Å². The van der Waals surface area contributed by atoms with E-state index < -0.39 is 0 Å². The number of carbonyl (C=O) groups excluding carboxylic acids is 1. The van der Waals surface area contributed by atoms with Gasteiger partial charge >= 0.3 is 0 Å². The molecule has 86 valence electrons. The van der Waals surface area contributed by atoms with Crippen LogP contribution in [-0.4, -0.2) is 17.3 Å². The van der Waals surface area contributed by atoms with Gasteiger partial charge in [-0.15, -0.1) is 0 Å². The first-order chi connectivity index (χ1) is 7.03. The van der Waals surface area contributed by atoms with Crippen LogP contribution < -0.4 is 0 Å². The van der Waals surface area contributed by atoms with Crippen LogP contribution in [0.2, 0.25) is 0 Å². The van der Waals surface area contributed by atoms with Crippen LogP contribution in [0.15, 0.2) is 11.6 Å². The summed E-state index contributed by atoms with van der Waals surface area (Å²) in [5, 5.41) is 0. The van der Waals surface area contributed by atoms with E-state index >= 15 is 0 Å². The molecule has 0 aromatic carbocycles. The minimum absolute atomic E-state index is 0.194. The van der Waals surface area contributed by atoms with Gasteiger partial charge in [0.15, 0.2) is 5.78 Å². The number of carbonyl (C=O) groups is 1. The van der Waals surface area contributed by atoms with Crippen LogP contribution in [0.25, 0.3) is 0 Å². The summed E-state index contributed by atoms with van der Waals surface area (Å²) < 4.78 is 0. The fourth-order valence-electron chi connectivity index (χ4n) is 2.18. The van der Waals surface area contributed by atoms with Gasteiger partial charge in [-0.25, -0.2) is 0 Å². The highest BCUT2D eigenvalue weighted by Gasteiger charge is 2.26. The van der Waals surface area contributed by atoms with E-state index in [4.69, 9.17) is 0 Å². The van der Waals surface area contributed by atoms with Gasteiger partial charge in [0.2, 0.25) is 0 Å². The third kappa shape index (κ3) is 4.87. The number of allylic oxidation sites excluding steroid dienone is 2. The van der Waals surface area contributed by atoms with Crippen LogP contribution in [0, 0.1) is 5.41 Å². The first-order valence-electron chi connectivity index (χ1n) is 5.83. The van der Waals surface area contributed by atoms with E-state index in [9.17, 15) is 4.79 Å². The van der Waals surface area contributed by atoms with Crippen LogP contribution in [0.1, 0.15) is 46.5 Å². The van der Waals surface area contributed by atoms with Crippen molar-refractivity contribution < 1.29 is 4.79 Å². The molecule has 0 fully saturated rings. The number of ketones is 1. The monoisotopic (exact) mass is 226 g/mol. The molecule has 2 heteroatoms. The third-order valence-corrected chi connectivity index (χ3v) is 3.70. The summed E-state index contributed by atoms with van der Waals surface area (Å²) in [6, 6.07) is 0.